The Bertz CT molecular complexity index is 1240. The van der Waals surface area contributed by atoms with Crippen LogP contribution in [0.2, 0.25) is 0 Å². The molecule has 1 aromatic carbocycles. The molecule has 1 unspecified atom stereocenters. The minimum Gasteiger partial charge on any atom is -0.384 e. The van der Waals surface area contributed by atoms with Crippen LogP contribution in [-0.2, 0) is 9.59 Å². The van der Waals surface area contributed by atoms with Crippen molar-refractivity contribution in [2.45, 2.75) is 36.9 Å². The lowest BCUT2D eigenvalue weighted by Crippen LogP contribution is -2.42. The van der Waals surface area contributed by atoms with Crippen molar-refractivity contribution >= 4 is 39.9 Å². The van der Waals surface area contributed by atoms with Gasteiger partial charge in [0.05, 0.1) is 23.3 Å². The van der Waals surface area contributed by atoms with E-state index in [4.69, 9.17) is 11.5 Å². The lowest BCUT2D eigenvalue weighted by molar-refractivity contribution is -0.118. The highest BCUT2D eigenvalue weighted by atomic mass is 32.2. The van der Waals surface area contributed by atoms with E-state index in [2.05, 4.69) is 16.3 Å². The summed E-state index contributed by atoms with van der Waals surface area (Å²) in [4.78, 5) is 26.1. The van der Waals surface area contributed by atoms with Crippen LogP contribution in [0.5, 0.6) is 0 Å². The molecule has 2 heterocycles. The van der Waals surface area contributed by atoms with Crippen molar-refractivity contribution in [1.29, 1.82) is 5.26 Å². The molecule has 1 atom stereocenters. The molecule has 1 aromatic heterocycles. The Balaban J connectivity index is 1.88. The second-order valence-electron chi connectivity index (χ2n) is 8.64. The standard InChI is InChI=1S/C22H21FN6O2S2/c1-22(2)7-14-18(15(30)8-22)17(11-3-5-12(23)6-4-11)13(9-24)19(26)29(14)20-27-28-21(33-20)32-10-16(25)31/h3-6,17H,7-8,10,26H2,1-2H3,(H2,25,31). The van der Waals surface area contributed by atoms with E-state index in [0.29, 0.717) is 39.1 Å². The molecule has 33 heavy (non-hydrogen) atoms. The zero-order valence-corrected chi connectivity index (χ0v) is 19.6. The second kappa shape index (κ2) is 8.61. The van der Waals surface area contributed by atoms with E-state index in [1.807, 2.05) is 13.8 Å². The molecule has 2 aliphatic rings. The van der Waals surface area contributed by atoms with Gasteiger partial charge in [0.1, 0.15) is 11.6 Å². The molecule has 4 rings (SSSR count). The van der Waals surface area contributed by atoms with Crippen LogP contribution >= 0.6 is 23.1 Å². The van der Waals surface area contributed by atoms with Gasteiger partial charge < -0.3 is 11.5 Å². The molecule has 1 aliphatic carbocycles. The summed E-state index contributed by atoms with van der Waals surface area (Å²) in [6.45, 7) is 3.99. The highest BCUT2D eigenvalue weighted by Gasteiger charge is 2.45. The number of hydrogen-bond acceptors (Lipinski definition) is 9. The summed E-state index contributed by atoms with van der Waals surface area (Å²) in [7, 11) is 0. The third kappa shape index (κ3) is 4.36. The summed E-state index contributed by atoms with van der Waals surface area (Å²) in [6.07, 6.45) is 0.834. The van der Waals surface area contributed by atoms with Gasteiger partial charge in [0.2, 0.25) is 11.0 Å². The number of halogens is 1. The molecule has 0 radical (unpaired) electrons. The first kappa shape index (κ1) is 22.9. The third-order valence-electron chi connectivity index (χ3n) is 5.51. The van der Waals surface area contributed by atoms with Gasteiger partial charge >= 0.3 is 0 Å². The predicted octanol–water partition coefficient (Wildman–Crippen LogP) is 3.20. The van der Waals surface area contributed by atoms with Crippen LogP contribution < -0.4 is 16.4 Å². The van der Waals surface area contributed by atoms with E-state index < -0.39 is 17.6 Å². The molecular weight excluding hydrogens is 463 g/mol. The van der Waals surface area contributed by atoms with Gasteiger partial charge in [-0.25, -0.2) is 4.39 Å². The number of anilines is 1. The SMILES string of the molecule is CC1(C)CC(=O)C2=C(C1)N(c1nnc(SCC(N)=O)s1)C(N)=C(C#N)C2c1ccc(F)cc1. The first-order valence-electron chi connectivity index (χ1n) is 10.1. The average Bonchev–Trinajstić information content (AvgIpc) is 3.19. The zero-order valence-electron chi connectivity index (χ0n) is 18.0. The lowest BCUT2D eigenvalue weighted by atomic mass is 9.69. The van der Waals surface area contributed by atoms with Gasteiger partial charge in [-0.2, -0.15) is 5.26 Å². The Labute approximate surface area is 198 Å². The number of carbonyl (C=O) groups is 2. The maximum atomic E-state index is 13.6. The van der Waals surface area contributed by atoms with Crippen LogP contribution in [-0.4, -0.2) is 27.6 Å². The number of aromatic nitrogens is 2. The summed E-state index contributed by atoms with van der Waals surface area (Å²) in [5.74, 6) is -1.47. The molecule has 0 fully saturated rings. The highest BCUT2D eigenvalue weighted by Crippen LogP contribution is 2.50. The summed E-state index contributed by atoms with van der Waals surface area (Å²) < 4.78 is 14.1. The Morgan fingerprint density at radius 2 is 2.03 bits per heavy atom. The molecule has 11 heteroatoms. The first-order valence-corrected chi connectivity index (χ1v) is 11.9. The molecule has 0 saturated carbocycles. The minimum atomic E-state index is -0.693. The minimum absolute atomic E-state index is 0.0511. The molecular formula is C22H21FN6O2S2. The van der Waals surface area contributed by atoms with Gasteiger partial charge in [0.15, 0.2) is 10.1 Å². The van der Waals surface area contributed by atoms with E-state index in [-0.39, 0.29) is 28.3 Å². The number of Topliss-reactive ketones (excluding diaryl/α,β-unsaturated/α-hetero) is 1. The molecule has 0 bridgehead atoms. The van der Waals surface area contributed by atoms with Crippen molar-refractivity contribution < 1.29 is 14.0 Å². The third-order valence-corrected chi connectivity index (χ3v) is 7.57. The lowest BCUT2D eigenvalue weighted by Gasteiger charge is -2.42. The van der Waals surface area contributed by atoms with Gasteiger partial charge in [-0.05, 0) is 29.5 Å². The molecule has 1 aliphatic heterocycles. The molecule has 4 N–H and O–H groups in total. The van der Waals surface area contributed by atoms with Gasteiger partial charge in [-0.3, -0.25) is 14.5 Å². The number of thioether (sulfide) groups is 1. The number of rotatable bonds is 5. The summed E-state index contributed by atoms with van der Waals surface area (Å²) in [5, 5.41) is 18.7. The smallest absolute Gasteiger partial charge is 0.227 e. The van der Waals surface area contributed by atoms with E-state index in [1.165, 1.54) is 23.5 Å². The van der Waals surface area contributed by atoms with Gasteiger partial charge in [-0.15, -0.1) is 10.2 Å². The van der Waals surface area contributed by atoms with Crippen LogP contribution in [0, 0.1) is 22.6 Å². The zero-order chi connectivity index (χ0) is 23.9. The molecule has 170 valence electrons. The van der Waals surface area contributed by atoms with Crippen molar-refractivity contribution in [2.75, 3.05) is 10.7 Å². The fraction of sp³-hybridized carbons (Fsp3) is 0.318. The van der Waals surface area contributed by atoms with E-state index in [9.17, 15) is 19.2 Å². The van der Waals surface area contributed by atoms with Crippen LogP contribution in [0.1, 0.15) is 38.2 Å². The van der Waals surface area contributed by atoms with Crippen molar-refractivity contribution in [2.24, 2.45) is 16.9 Å². The number of nitrogens with two attached hydrogens (primary N) is 2. The quantitative estimate of drug-likeness (QED) is 0.617. The van der Waals surface area contributed by atoms with Crippen molar-refractivity contribution in [3.63, 3.8) is 0 Å². The summed E-state index contributed by atoms with van der Waals surface area (Å²) >= 11 is 2.35. The summed E-state index contributed by atoms with van der Waals surface area (Å²) in [6, 6.07) is 7.91. The van der Waals surface area contributed by atoms with Crippen molar-refractivity contribution in [3.8, 4) is 6.07 Å². The highest BCUT2D eigenvalue weighted by molar-refractivity contribution is 8.01. The first-order chi connectivity index (χ1) is 15.6. The van der Waals surface area contributed by atoms with Crippen LogP contribution in [0.3, 0.4) is 0 Å². The molecule has 2 aromatic rings. The largest absolute Gasteiger partial charge is 0.384 e. The van der Waals surface area contributed by atoms with E-state index >= 15 is 0 Å². The van der Waals surface area contributed by atoms with E-state index in [0.717, 1.165) is 11.8 Å². The normalized spacial score (nSPS) is 20.0. The maximum absolute atomic E-state index is 13.6. The Kier molecular flexibility index (Phi) is 5.99. The van der Waals surface area contributed by atoms with Crippen LogP contribution in [0.25, 0.3) is 0 Å². The summed E-state index contributed by atoms with van der Waals surface area (Å²) in [5.41, 5.74) is 13.3. The van der Waals surface area contributed by atoms with Crippen LogP contribution in [0.15, 0.2) is 51.3 Å². The number of nitriles is 1. The number of benzene rings is 1. The number of ketones is 1. The Morgan fingerprint density at radius 3 is 2.67 bits per heavy atom. The van der Waals surface area contributed by atoms with Gasteiger partial charge in [0, 0.05) is 17.7 Å². The Morgan fingerprint density at radius 1 is 1.33 bits per heavy atom. The second-order valence-corrected chi connectivity index (χ2v) is 10.8. The predicted molar refractivity (Wildman–Crippen MR) is 123 cm³/mol. The number of amides is 1. The molecule has 0 saturated heterocycles. The van der Waals surface area contributed by atoms with Gasteiger partial charge in [0.25, 0.3) is 0 Å². The molecule has 0 spiro atoms. The number of nitrogens with zero attached hydrogens (tertiary/aromatic N) is 4. The number of allylic oxidation sites excluding steroid dienone is 3. The topological polar surface area (TPSA) is 139 Å². The average molecular weight is 485 g/mol. The number of carbonyl (C=O) groups excluding carboxylic acids is 2. The fourth-order valence-corrected chi connectivity index (χ4v) is 5.82. The number of primary amides is 1. The number of hydrogen-bond donors (Lipinski definition) is 2. The molecule has 1 amide bonds. The maximum Gasteiger partial charge on any atom is 0.227 e. The van der Waals surface area contributed by atoms with Crippen molar-refractivity contribution in [1.82, 2.24) is 10.2 Å². The van der Waals surface area contributed by atoms with E-state index in [1.54, 1.807) is 17.0 Å². The fourth-order valence-electron chi connectivity index (χ4n) is 4.20. The monoisotopic (exact) mass is 484 g/mol. The van der Waals surface area contributed by atoms with Gasteiger partial charge in [-0.1, -0.05) is 49.1 Å². The van der Waals surface area contributed by atoms with Crippen molar-refractivity contribution in [3.05, 3.63) is 58.3 Å². The molecule has 8 nitrogen and oxygen atoms in total. The van der Waals surface area contributed by atoms with Crippen LogP contribution in [0.4, 0.5) is 9.52 Å². The Hall–Kier alpha value is -3.23.